The highest BCUT2D eigenvalue weighted by atomic mass is 35.5. The number of aryl methyl sites for hydroxylation is 1. The first-order chi connectivity index (χ1) is 7.93. The molecule has 0 fully saturated rings. The molecule has 1 aromatic rings. The molecule has 1 rings (SSSR count). The molecule has 0 heterocycles. The molecule has 1 aromatic carbocycles. The molecule has 0 bridgehead atoms. The van der Waals surface area contributed by atoms with Crippen molar-refractivity contribution in [3.05, 3.63) is 28.3 Å². The standard InChI is InChI=1S/C10H11ClN6/c1-5-2-6(4-12)8(3-7(5)11)16-10(15)17-9(13)14/h2-3H,1H3,(H6,13,14,15,16,17). The van der Waals surface area contributed by atoms with Crippen molar-refractivity contribution >= 4 is 29.2 Å². The summed E-state index contributed by atoms with van der Waals surface area (Å²) in [6.07, 6.45) is 0. The number of nitriles is 1. The van der Waals surface area contributed by atoms with Crippen LogP contribution in [0, 0.1) is 18.3 Å². The van der Waals surface area contributed by atoms with Crippen molar-refractivity contribution in [2.75, 3.05) is 0 Å². The molecule has 17 heavy (non-hydrogen) atoms. The fourth-order valence-corrected chi connectivity index (χ4v) is 1.29. The first-order valence-corrected chi connectivity index (χ1v) is 4.96. The van der Waals surface area contributed by atoms with Gasteiger partial charge in [0.25, 0.3) is 0 Å². The van der Waals surface area contributed by atoms with Gasteiger partial charge in [-0.25, -0.2) is 4.99 Å². The van der Waals surface area contributed by atoms with Gasteiger partial charge in [-0.1, -0.05) is 11.6 Å². The van der Waals surface area contributed by atoms with Crippen LogP contribution in [0.25, 0.3) is 0 Å². The Morgan fingerprint density at radius 1 is 1.35 bits per heavy atom. The summed E-state index contributed by atoms with van der Waals surface area (Å²) in [6, 6.07) is 5.14. The molecule has 0 unspecified atom stereocenters. The minimum atomic E-state index is -0.206. The molecule has 0 saturated carbocycles. The predicted molar refractivity (Wildman–Crippen MR) is 68.0 cm³/mol. The third kappa shape index (κ3) is 3.36. The van der Waals surface area contributed by atoms with Crippen molar-refractivity contribution in [1.29, 1.82) is 5.26 Å². The predicted octanol–water partition coefficient (Wildman–Crippen LogP) is 0.740. The molecular formula is C10H11ClN6. The van der Waals surface area contributed by atoms with Gasteiger partial charge in [0.1, 0.15) is 6.07 Å². The van der Waals surface area contributed by atoms with Crippen LogP contribution in [0.4, 0.5) is 5.69 Å². The van der Waals surface area contributed by atoms with E-state index in [4.69, 9.17) is 34.1 Å². The Morgan fingerprint density at radius 3 is 2.53 bits per heavy atom. The molecule has 0 saturated heterocycles. The lowest BCUT2D eigenvalue weighted by atomic mass is 10.1. The van der Waals surface area contributed by atoms with Gasteiger partial charge in [-0.3, -0.25) is 0 Å². The number of rotatable bonds is 1. The average molecular weight is 251 g/mol. The van der Waals surface area contributed by atoms with Crippen LogP contribution in [0.15, 0.2) is 22.1 Å². The summed E-state index contributed by atoms with van der Waals surface area (Å²) < 4.78 is 0. The SMILES string of the molecule is Cc1cc(C#N)c(N=C(N)N=C(N)N)cc1Cl. The molecule has 0 aromatic heterocycles. The molecule has 0 amide bonds. The number of guanidine groups is 2. The van der Waals surface area contributed by atoms with E-state index in [-0.39, 0.29) is 11.9 Å². The van der Waals surface area contributed by atoms with Crippen molar-refractivity contribution in [2.45, 2.75) is 6.92 Å². The number of benzene rings is 1. The Morgan fingerprint density at radius 2 is 2.00 bits per heavy atom. The van der Waals surface area contributed by atoms with Crippen LogP contribution in [0.3, 0.4) is 0 Å². The summed E-state index contributed by atoms with van der Waals surface area (Å²) in [5, 5.41) is 9.43. The fraction of sp³-hybridized carbons (Fsp3) is 0.100. The Kier molecular flexibility index (Phi) is 3.91. The van der Waals surface area contributed by atoms with Gasteiger partial charge < -0.3 is 17.2 Å². The fourth-order valence-electron chi connectivity index (χ4n) is 1.13. The molecule has 6 N–H and O–H groups in total. The topological polar surface area (TPSA) is 127 Å². The van der Waals surface area contributed by atoms with E-state index in [1.54, 1.807) is 13.0 Å². The largest absolute Gasteiger partial charge is 0.370 e. The number of hydrogen-bond acceptors (Lipinski definition) is 2. The number of halogens is 1. The smallest absolute Gasteiger partial charge is 0.223 e. The molecule has 0 aliphatic rings. The van der Waals surface area contributed by atoms with E-state index in [1.165, 1.54) is 6.07 Å². The maximum atomic E-state index is 8.94. The van der Waals surface area contributed by atoms with Crippen molar-refractivity contribution in [2.24, 2.45) is 27.2 Å². The van der Waals surface area contributed by atoms with Gasteiger partial charge in [0.2, 0.25) is 5.96 Å². The molecular weight excluding hydrogens is 240 g/mol. The van der Waals surface area contributed by atoms with E-state index < -0.39 is 0 Å². The van der Waals surface area contributed by atoms with Crippen LogP contribution in [0.2, 0.25) is 5.02 Å². The molecule has 0 radical (unpaired) electrons. The van der Waals surface area contributed by atoms with Crippen molar-refractivity contribution in [3.8, 4) is 6.07 Å². The normalized spacial score (nSPS) is 10.8. The van der Waals surface area contributed by atoms with E-state index >= 15 is 0 Å². The van der Waals surface area contributed by atoms with Gasteiger partial charge in [0.15, 0.2) is 5.96 Å². The van der Waals surface area contributed by atoms with Gasteiger partial charge in [0, 0.05) is 5.02 Å². The molecule has 0 aliphatic carbocycles. The number of nitrogens with two attached hydrogens (primary N) is 3. The van der Waals surface area contributed by atoms with E-state index in [1.807, 2.05) is 6.07 Å². The molecule has 88 valence electrons. The van der Waals surface area contributed by atoms with Crippen LogP contribution >= 0.6 is 11.6 Å². The number of aliphatic imine (C=N–C) groups is 2. The second-order valence-electron chi connectivity index (χ2n) is 3.24. The first kappa shape index (κ1) is 12.8. The second kappa shape index (κ2) is 5.18. The third-order valence-electron chi connectivity index (χ3n) is 1.88. The van der Waals surface area contributed by atoms with Crippen LogP contribution in [-0.4, -0.2) is 11.9 Å². The lowest BCUT2D eigenvalue weighted by Crippen LogP contribution is -2.26. The van der Waals surface area contributed by atoms with E-state index in [2.05, 4.69) is 9.98 Å². The maximum absolute atomic E-state index is 8.94. The lowest BCUT2D eigenvalue weighted by molar-refractivity contribution is 1.34. The average Bonchev–Trinajstić information content (AvgIpc) is 2.21. The van der Waals surface area contributed by atoms with Gasteiger partial charge in [0.05, 0.1) is 11.3 Å². The molecule has 0 atom stereocenters. The Bertz CT molecular complexity index is 536. The Labute approximate surface area is 103 Å². The maximum Gasteiger partial charge on any atom is 0.223 e. The van der Waals surface area contributed by atoms with Gasteiger partial charge >= 0.3 is 0 Å². The van der Waals surface area contributed by atoms with Crippen molar-refractivity contribution < 1.29 is 0 Å². The van der Waals surface area contributed by atoms with Crippen LogP contribution < -0.4 is 17.2 Å². The summed E-state index contributed by atoms with van der Waals surface area (Å²) >= 11 is 5.93. The molecule has 0 aliphatic heterocycles. The zero-order valence-electron chi connectivity index (χ0n) is 9.11. The zero-order valence-corrected chi connectivity index (χ0v) is 9.86. The molecule has 6 nitrogen and oxygen atoms in total. The lowest BCUT2D eigenvalue weighted by Gasteiger charge is -2.02. The molecule has 0 spiro atoms. The van der Waals surface area contributed by atoms with E-state index in [0.717, 1.165) is 5.56 Å². The van der Waals surface area contributed by atoms with Crippen molar-refractivity contribution in [3.63, 3.8) is 0 Å². The summed E-state index contributed by atoms with van der Waals surface area (Å²) in [6.45, 7) is 1.79. The highest BCUT2D eigenvalue weighted by Gasteiger charge is 2.05. The van der Waals surface area contributed by atoms with Crippen LogP contribution in [0.1, 0.15) is 11.1 Å². The van der Waals surface area contributed by atoms with E-state index in [9.17, 15) is 0 Å². The monoisotopic (exact) mass is 250 g/mol. The minimum absolute atomic E-state index is 0.138. The van der Waals surface area contributed by atoms with Gasteiger partial charge in [-0.05, 0) is 24.6 Å². The third-order valence-corrected chi connectivity index (χ3v) is 2.28. The quantitative estimate of drug-likeness (QED) is 0.502. The zero-order chi connectivity index (χ0) is 13.0. The number of nitrogens with zero attached hydrogens (tertiary/aromatic N) is 3. The van der Waals surface area contributed by atoms with Crippen LogP contribution in [0.5, 0.6) is 0 Å². The summed E-state index contributed by atoms with van der Waals surface area (Å²) in [7, 11) is 0. The first-order valence-electron chi connectivity index (χ1n) is 4.58. The highest BCUT2D eigenvalue weighted by Crippen LogP contribution is 2.26. The van der Waals surface area contributed by atoms with E-state index in [0.29, 0.717) is 16.3 Å². The summed E-state index contributed by atoms with van der Waals surface area (Å²) in [5.74, 6) is -0.343. The Hall–Kier alpha value is -2.26. The second-order valence-corrected chi connectivity index (χ2v) is 3.64. The van der Waals surface area contributed by atoms with Gasteiger partial charge in [-0.15, -0.1) is 0 Å². The summed E-state index contributed by atoms with van der Waals surface area (Å²) in [5.41, 5.74) is 17.2. The van der Waals surface area contributed by atoms with Crippen LogP contribution in [-0.2, 0) is 0 Å². The minimum Gasteiger partial charge on any atom is -0.370 e. The molecule has 7 heteroatoms. The Balaban J connectivity index is 3.28. The van der Waals surface area contributed by atoms with Gasteiger partial charge in [-0.2, -0.15) is 10.3 Å². The van der Waals surface area contributed by atoms with Crippen molar-refractivity contribution in [1.82, 2.24) is 0 Å². The highest BCUT2D eigenvalue weighted by molar-refractivity contribution is 6.31. The number of hydrogen-bond donors (Lipinski definition) is 3. The summed E-state index contributed by atoms with van der Waals surface area (Å²) in [4.78, 5) is 7.46.